The van der Waals surface area contributed by atoms with Crippen LogP contribution in [-0.4, -0.2) is 5.92 Å². The molecule has 1 aliphatic carbocycles. The minimum atomic E-state index is -2.34. The summed E-state index contributed by atoms with van der Waals surface area (Å²) in [6.45, 7) is 4.10. The van der Waals surface area contributed by atoms with Crippen molar-refractivity contribution in [2.45, 2.75) is 64.7 Å². The summed E-state index contributed by atoms with van der Waals surface area (Å²) in [6, 6.07) is 0. The van der Waals surface area contributed by atoms with Crippen molar-refractivity contribution < 1.29 is 8.78 Å². The molecule has 0 heterocycles. The molecule has 0 aromatic rings. The Hall–Kier alpha value is -0.140. The van der Waals surface area contributed by atoms with Crippen LogP contribution < -0.4 is 0 Å². The smallest absolute Gasteiger partial charge is 0.206 e. The first-order valence-corrected chi connectivity index (χ1v) is 5.46. The van der Waals surface area contributed by atoms with Gasteiger partial charge < -0.3 is 0 Å². The average Bonchev–Trinajstić information content (AvgIpc) is 2.55. The molecular formula is C11H20F2. The lowest BCUT2D eigenvalue weighted by molar-refractivity contribution is 0.0552. The van der Waals surface area contributed by atoms with Gasteiger partial charge in [0.15, 0.2) is 0 Å². The van der Waals surface area contributed by atoms with E-state index in [2.05, 4.69) is 6.92 Å². The zero-order valence-electron chi connectivity index (χ0n) is 8.71. The van der Waals surface area contributed by atoms with Crippen LogP contribution in [0.1, 0.15) is 58.8 Å². The zero-order valence-corrected chi connectivity index (χ0v) is 8.71. The minimum absolute atomic E-state index is 0.150. The van der Waals surface area contributed by atoms with Gasteiger partial charge in [-0.1, -0.05) is 39.5 Å². The molecule has 1 aliphatic rings. The highest BCUT2D eigenvalue weighted by Gasteiger charge is 2.69. The lowest BCUT2D eigenvalue weighted by Gasteiger charge is -2.14. The third kappa shape index (κ3) is 2.21. The van der Waals surface area contributed by atoms with E-state index in [4.69, 9.17) is 0 Å². The number of unbranched alkanes of at least 4 members (excludes halogenated alkanes) is 2. The highest BCUT2D eigenvalue weighted by molar-refractivity contribution is 5.09. The van der Waals surface area contributed by atoms with Crippen molar-refractivity contribution in [1.29, 1.82) is 0 Å². The molecule has 0 saturated heterocycles. The van der Waals surface area contributed by atoms with Gasteiger partial charge in [-0.3, -0.25) is 0 Å². The molecular weight excluding hydrogens is 170 g/mol. The van der Waals surface area contributed by atoms with Crippen molar-refractivity contribution in [2.24, 2.45) is 5.41 Å². The number of hydrogen-bond acceptors (Lipinski definition) is 0. The van der Waals surface area contributed by atoms with Crippen LogP contribution in [0.2, 0.25) is 0 Å². The van der Waals surface area contributed by atoms with Gasteiger partial charge in [0.05, 0.1) is 0 Å². The summed E-state index contributed by atoms with van der Waals surface area (Å²) in [4.78, 5) is 0. The number of rotatable bonds is 6. The largest absolute Gasteiger partial charge is 0.254 e. The maximum Gasteiger partial charge on any atom is 0.254 e. The molecule has 1 atom stereocenters. The quantitative estimate of drug-likeness (QED) is 0.545. The van der Waals surface area contributed by atoms with Crippen LogP contribution in [0.4, 0.5) is 8.78 Å². The van der Waals surface area contributed by atoms with Crippen molar-refractivity contribution in [2.75, 3.05) is 0 Å². The number of halogens is 2. The van der Waals surface area contributed by atoms with Gasteiger partial charge in [0.25, 0.3) is 5.92 Å². The van der Waals surface area contributed by atoms with Gasteiger partial charge in [0.1, 0.15) is 0 Å². The van der Waals surface area contributed by atoms with E-state index in [1.54, 1.807) is 0 Å². The summed E-state index contributed by atoms with van der Waals surface area (Å²) < 4.78 is 26.1. The highest BCUT2D eigenvalue weighted by atomic mass is 19.3. The predicted octanol–water partition coefficient (Wildman–Crippen LogP) is 4.39. The number of alkyl halides is 2. The Labute approximate surface area is 79.7 Å². The molecule has 0 spiro atoms. The van der Waals surface area contributed by atoms with Gasteiger partial charge in [-0.05, 0) is 12.8 Å². The maximum atomic E-state index is 13.1. The second-order valence-corrected chi connectivity index (χ2v) is 4.37. The summed E-state index contributed by atoms with van der Waals surface area (Å²) in [7, 11) is 0. The second kappa shape index (κ2) is 3.93. The van der Waals surface area contributed by atoms with E-state index in [9.17, 15) is 8.78 Å². The van der Waals surface area contributed by atoms with Crippen LogP contribution in [0.25, 0.3) is 0 Å². The zero-order chi connectivity index (χ0) is 9.95. The summed E-state index contributed by atoms with van der Waals surface area (Å²) in [5, 5.41) is 0. The van der Waals surface area contributed by atoms with Gasteiger partial charge in [0, 0.05) is 11.8 Å². The Morgan fingerprint density at radius 1 is 1.00 bits per heavy atom. The monoisotopic (exact) mass is 190 g/mol. The normalized spacial score (nSPS) is 30.5. The maximum absolute atomic E-state index is 13.1. The van der Waals surface area contributed by atoms with E-state index in [0.29, 0.717) is 6.42 Å². The van der Waals surface area contributed by atoms with E-state index in [0.717, 1.165) is 32.1 Å². The molecule has 0 aromatic heterocycles. The average molecular weight is 190 g/mol. The van der Waals surface area contributed by atoms with Crippen LogP contribution in [-0.2, 0) is 0 Å². The van der Waals surface area contributed by atoms with E-state index >= 15 is 0 Å². The Morgan fingerprint density at radius 3 is 2.00 bits per heavy atom. The van der Waals surface area contributed by atoms with Crippen LogP contribution in [0.3, 0.4) is 0 Å². The van der Waals surface area contributed by atoms with Crippen LogP contribution in [0, 0.1) is 5.41 Å². The molecule has 78 valence electrons. The highest BCUT2D eigenvalue weighted by Crippen LogP contribution is 2.65. The fourth-order valence-corrected chi connectivity index (χ4v) is 2.24. The molecule has 13 heavy (non-hydrogen) atoms. The lowest BCUT2D eigenvalue weighted by atomic mass is 9.93. The van der Waals surface area contributed by atoms with Gasteiger partial charge in [0.2, 0.25) is 0 Å². The Bertz CT molecular complexity index is 165. The van der Waals surface area contributed by atoms with E-state index in [1.807, 2.05) is 6.92 Å². The van der Waals surface area contributed by atoms with Gasteiger partial charge in [-0.15, -0.1) is 0 Å². The predicted molar refractivity (Wildman–Crippen MR) is 51.0 cm³/mol. The Balaban J connectivity index is 2.34. The summed E-state index contributed by atoms with van der Waals surface area (Å²) in [5.41, 5.74) is -0.586. The van der Waals surface area contributed by atoms with Gasteiger partial charge in [-0.25, -0.2) is 8.78 Å². The molecule has 1 fully saturated rings. The Morgan fingerprint density at radius 2 is 1.62 bits per heavy atom. The van der Waals surface area contributed by atoms with Crippen molar-refractivity contribution in [3.05, 3.63) is 0 Å². The molecule has 1 rings (SSSR count). The first kappa shape index (κ1) is 10.9. The summed E-state index contributed by atoms with van der Waals surface area (Å²) >= 11 is 0. The van der Waals surface area contributed by atoms with E-state index < -0.39 is 11.3 Å². The molecule has 1 unspecified atom stereocenters. The SMILES string of the molecule is CCCCCC1(CCC)CC1(F)F. The topological polar surface area (TPSA) is 0 Å². The van der Waals surface area contributed by atoms with Crippen molar-refractivity contribution in [3.63, 3.8) is 0 Å². The molecule has 0 amide bonds. The fraction of sp³-hybridized carbons (Fsp3) is 1.00. The van der Waals surface area contributed by atoms with E-state index in [-0.39, 0.29) is 6.42 Å². The van der Waals surface area contributed by atoms with Crippen molar-refractivity contribution in [1.82, 2.24) is 0 Å². The summed E-state index contributed by atoms with van der Waals surface area (Å²) in [6.07, 6.45) is 5.69. The summed E-state index contributed by atoms with van der Waals surface area (Å²) in [5.74, 6) is -2.34. The molecule has 0 N–H and O–H groups in total. The molecule has 2 heteroatoms. The first-order chi connectivity index (χ1) is 6.08. The molecule has 0 nitrogen and oxygen atoms in total. The third-order valence-corrected chi connectivity index (χ3v) is 3.20. The first-order valence-electron chi connectivity index (χ1n) is 5.46. The van der Waals surface area contributed by atoms with Crippen LogP contribution in [0.5, 0.6) is 0 Å². The van der Waals surface area contributed by atoms with Crippen LogP contribution in [0.15, 0.2) is 0 Å². The Kier molecular flexibility index (Phi) is 3.31. The van der Waals surface area contributed by atoms with Crippen LogP contribution >= 0.6 is 0 Å². The van der Waals surface area contributed by atoms with Gasteiger partial charge in [-0.2, -0.15) is 0 Å². The van der Waals surface area contributed by atoms with Crippen molar-refractivity contribution in [3.8, 4) is 0 Å². The molecule has 0 aromatic carbocycles. The second-order valence-electron chi connectivity index (χ2n) is 4.37. The molecule has 0 radical (unpaired) electrons. The number of hydrogen-bond donors (Lipinski definition) is 0. The minimum Gasteiger partial charge on any atom is -0.206 e. The van der Waals surface area contributed by atoms with Crippen molar-refractivity contribution >= 4 is 0 Å². The third-order valence-electron chi connectivity index (χ3n) is 3.20. The standard InChI is InChI=1S/C11H20F2/c1-3-5-6-8-10(7-4-2)9-11(10,12)13/h3-9H2,1-2H3. The van der Waals surface area contributed by atoms with E-state index in [1.165, 1.54) is 0 Å². The lowest BCUT2D eigenvalue weighted by Crippen LogP contribution is -2.10. The molecule has 1 saturated carbocycles. The molecule has 0 aliphatic heterocycles. The van der Waals surface area contributed by atoms with Gasteiger partial charge >= 0.3 is 0 Å². The fourth-order valence-electron chi connectivity index (χ4n) is 2.24. The molecule has 0 bridgehead atoms.